The van der Waals surface area contributed by atoms with Gasteiger partial charge in [0.15, 0.2) is 0 Å². The van der Waals surface area contributed by atoms with E-state index in [1.807, 2.05) is 42.3 Å². The molecule has 0 spiro atoms. The second-order valence-corrected chi connectivity index (χ2v) is 7.52. The normalized spacial score (nSPS) is 17.8. The maximum absolute atomic E-state index is 13.2. The number of allylic oxidation sites excluding steroid dienone is 2. The third-order valence-corrected chi connectivity index (χ3v) is 5.72. The van der Waals surface area contributed by atoms with Crippen molar-refractivity contribution in [3.63, 3.8) is 0 Å². The Kier molecular flexibility index (Phi) is 5.30. The number of nitrogens with zero attached hydrogens (tertiary/aromatic N) is 4. The molecule has 1 aromatic heterocycles. The summed E-state index contributed by atoms with van der Waals surface area (Å²) in [6, 6.07) is 10.6. The van der Waals surface area contributed by atoms with Crippen molar-refractivity contribution in [3.05, 3.63) is 90.7 Å². The molecule has 0 radical (unpaired) electrons. The summed E-state index contributed by atoms with van der Waals surface area (Å²) in [5.41, 5.74) is 4.97. The number of likely N-dealkylation sites (tertiary alicyclic amines) is 1. The van der Waals surface area contributed by atoms with Gasteiger partial charge < -0.3 is 9.80 Å². The van der Waals surface area contributed by atoms with Gasteiger partial charge in [0, 0.05) is 43.8 Å². The number of hydrogen-bond donors (Lipinski definition) is 0. The zero-order valence-electron chi connectivity index (χ0n) is 16.7. The van der Waals surface area contributed by atoms with Crippen molar-refractivity contribution in [1.29, 1.82) is 0 Å². The summed E-state index contributed by atoms with van der Waals surface area (Å²) >= 11 is 0. The lowest BCUT2D eigenvalue weighted by Gasteiger charge is -2.39. The smallest absolute Gasteiger partial charge is 0.206 e. The molecular weight excluding hydrogens is 363 g/mol. The van der Waals surface area contributed by atoms with Gasteiger partial charge in [-0.2, -0.15) is 0 Å². The molecule has 0 bridgehead atoms. The van der Waals surface area contributed by atoms with E-state index in [0.717, 1.165) is 60.0 Å². The van der Waals surface area contributed by atoms with Crippen LogP contribution in [0, 0.1) is 11.7 Å². The molecule has 4 nitrogen and oxygen atoms in total. The standard InChI is InChI=1S/C24H25FN4/c1-17-16-23(21-8-12-26-13-9-21)27-24(28(17)3)29-14-10-20(11-15-29)18(2)19-4-6-22(25)7-5-19/h4-9,12-13,16,20H,1-2,10-11,14-15H2,3H3. The molecule has 29 heavy (non-hydrogen) atoms. The van der Waals surface area contributed by atoms with Crippen molar-refractivity contribution in [2.24, 2.45) is 10.9 Å². The van der Waals surface area contributed by atoms with Crippen LogP contribution in [0.4, 0.5) is 4.39 Å². The van der Waals surface area contributed by atoms with E-state index in [-0.39, 0.29) is 5.82 Å². The molecule has 1 saturated heterocycles. The maximum atomic E-state index is 13.2. The van der Waals surface area contributed by atoms with E-state index >= 15 is 0 Å². The van der Waals surface area contributed by atoms with Gasteiger partial charge in [-0.15, -0.1) is 0 Å². The fourth-order valence-electron chi connectivity index (χ4n) is 3.88. The summed E-state index contributed by atoms with van der Waals surface area (Å²) in [6.45, 7) is 10.3. The highest BCUT2D eigenvalue weighted by molar-refractivity contribution is 5.91. The van der Waals surface area contributed by atoms with Gasteiger partial charge >= 0.3 is 0 Å². The van der Waals surface area contributed by atoms with Crippen LogP contribution in [0.2, 0.25) is 0 Å². The summed E-state index contributed by atoms with van der Waals surface area (Å²) in [6.07, 6.45) is 7.54. The summed E-state index contributed by atoms with van der Waals surface area (Å²) in [4.78, 5) is 13.4. The topological polar surface area (TPSA) is 31.7 Å². The highest BCUT2D eigenvalue weighted by atomic mass is 19.1. The molecule has 2 aromatic rings. The first-order valence-electron chi connectivity index (χ1n) is 9.86. The number of aromatic nitrogens is 1. The number of pyridine rings is 1. The van der Waals surface area contributed by atoms with Crippen molar-refractivity contribution >= 4 is 17.2 Å². The molecule has 148 valence electrons. The second kappa shape index (κ2) is 8.03. The van der Waals surface area contributed by atoms with E-state index < -0.39 is 0 Å². The number of rotatable bonds is 3. The number of benzene rings is 1. The van der Waals surface area contributed by atoms with Crippen LogP contribution < -0.4 is 0 Å². The Morgan fingerprint density at radius 3 is 2.38 bits per heavy atom. The zero-order valence-corrected chi connectivity index (χ0v) is 16.7. The molecule has 5 heteroatoms. The molecule has 1 aromatic carbocycles. The first-order valence-corrected chi connectivity index (χ1v) is 9.86. The molecule has 0 unspecified atom stereocenters. The molecule has 4 rings (SSSR count). The fourth-order valence-corrected chi connectivity index (χ4v) is 3.88. The fraction of sp³-hybridized carbons (Fsp3) is 0.250. The Hall–Kier alpha value is -3.21. The third-order valence-electron chi connectivity index (χ3n) is 5.72. The molecule has 2 aliphatic heterocycles. The minimum absolute atomic E-state index is 0.215. The zero-order chi connectivity index (χ0) is 20.4. The Labute approximate surface area is 171 Å². The molecule has 0 aliphatic carbocycles. The number of guanidine groups is 1. The summed E-state index contributed by atoms with van der Waals surface area (Å²) < 4.78 is 13.2. The lowest BCUT2D eigenvalue weighted by molar-refractivity contribution is 0.280. The van der Waals surface area contributed by atoms with Crippen LogP contribution in [0.3, 0.4) is 0 Å². The summed E-state index contributed by atoms with van der Waals surface area (Å²) in [7, 11) is 2.00. The van der Waals surface area contributed by atoms with Gasteiger partial charge in [-0.25, -0.2) is 9.38 Å². The van der Waals surface area contributed by atoms with Crippen LogP contribution in [0.5, 0.6) is 0 Å². The van der Waals surface area contributed by atoms with Crippen molar-refractivity contribution in [3.8, 4) is 0 Å². The molecule has 0 amide bonds. The van der Waals surface area contributed by atoms with Gasteiger partial charge in [-0.1, -0.05) is 25.3 Å². The lowest BCUT2D eigenvalue weighted by Crippen LogP contribution is -2.46. The number of halogens is 1. The SMILES string of the molecule is C=C(c1ccc(F)cc1)C1CCN(C2=NC(c3ccncc3)=CC(=C)N2C)CC1. The average Bonchev–Trinajstić information content (AvgIpc) is 2.76. The average molecular weight is 388 g/mol. The summed E-state index contributed by atoms with van der Waals surface area (Å²) in [5, 5.41) is 0. The van der Waals surface area contributed by atoms with E-state index in [2.05, 4.69) is 23.0 Å². The Bertz CT molecular complexity index is 968. The molecule has 0 N–H and O–H groups in total. The van der Waals surface area contributed by atoms with Crippen LogP contribution in [0.1, 0.15) is 24.0 Å². The molecular formula is C24H25FN4. The number of aliphatic imine (C=N–C) groups is 1. The van der Waals surface area contributed by atoms with Gasteiger partial charge in [-0.05, 0) is 60.2 Å². The number of hydrogen-bond acceptors (Lipinski definition) is 4. The minimum atomic E-state index is -0.215. The maximum Gasteiger partial charge on any atom is 0.206 e. The molecule has 0 saturated carbocycles. The van der Waals surface area contributed by atoms with Crippen molar-refractivity contribution in [2.45, 2.75) is 12.8 Å². The van der Waals surface area contributed by atoms with Crippen molar-refractivity contribution in [1.82, 2.24) is 14.8 Å². The predicted molar refractivity (Wildman–Crippen MR) is 116 cm³/mol. The largest absolute Gasteiger partial charge is 0.342 e. The lowest BCUT2D eigenvalue weighted by atomic mass is 9.86. The molecule has 3 heterocycles. The molecule has 1 fully saturated rings. The molecule has 2 aliphatic rings. The van der Waals surface area contributed by atoms with E-state index in [0.29, 0.717) is 5.92 Å². The van der Waals surface area contributed by atoms with E-state index in [1.54, 1.807) is 12.4 Å². The highest BCUT2D eigenvalue weighted by Gasteiger charge is 2.28. The monoisotopic (exact) mass is 388 g/mol. The first-order chi connectivity index (χ1) is 14.0. The van der Waals surface area contributed by atoms with Crippen LogP contribution in [0.25, 0.3) is 11.3 Å². The predicted octanol–water partition coefficient (Wildman–Crippen LogP) is 4.80. The quantitative estimate of drug-likeness (QED) is 0.757. The van der Waals surface area contributed by atoms with E-state index in [4.69, 9.17) is 4.99 Å². The van der Waals surface area contributed by atoms with Crippen molar-refractivity contribution in [2.75, 3.05) is 20.1 Å². The van der Waals surface area contributed by atoms with Gasteiger partial charge in [0.1, 0.15) is 5.82 Å². The first kappa shape index (κ1) is 19.1. The Morgan fingerprint density at radius 2 is 1.72 bits per heavy atom. The second-order valence-electron chi connectivity index (χ2n) is 7.52. The van der Waals surface area contributed by atoms with Gasteiger partial charge in [0.05, 0.1) is 5.70 Å². The van der Waals surface area contributed by atoms with Crippen molar-refractivity contribution < 1.29 is 4.39 Å². The van der Waals surface area contributed by atoms with Gasteiger partial charge in [0.25, 0.3) is 0 Å². The van der Waals surface area contributed by atoms with Crippen LogP contribution in [0.15, 0.2) is 78.7 Å². The van der Waals surface area contributed by atoms with E-state index in [9.17, 15) is 4.39 Å². The molecule has 0 atom stereocenters. The van der Waals surface area contributed by atoms with Crippen LogP contribution >= 0.6 is 0 Å². The highest BCUT2D eigenvalue weighted by Crippen LogP contribution is 2.32. The third kappa shape index (κ3) is 3.99. The van der Waals surface area contributed by atoms with Gasteiger partial charge in [-0.3, -0.25) is 4.98 Å². The van der Waals surface area contributed by atoms with Gasteiger partial charge in [0.2, 0.25) is 5.96 Å². The number of likely N-dealkylation sites (N-methyl/N-ethyl adjacent to an activating group) is 1. The minimum Gasteiger partial charge on any atom is -0.342 e. The number of piperidine rings is 1. The summed E-state index contributed by atoms with van der Waals surface area (Å²) in [5.74, 6) is 1.10. The van der Waals surface area contributed by atoms with Crippen LogP contribution in [-0.2, 0) is 0 Å². The van der Waals surface area contributed by atoms with Crippen LogP contribution in [-0.4, -0.2) is 40.9 Å². The van der Waals surface area contributed by atoms with E-state index in [1.165, 1.54) is 12.1 Å². The Morgan fingerprint density at radius 1 is 1.07 bits per heavy atom. The Balaban J connectivity index is 1.48.